The Morgan fingerprint density at radius 2 is 1.83 bits per heavy atom. The molecule has 4 nitrogen and oxygen atoms in total. The first-order valence-corrected chi connectivity index (χ1v) is 7.71. The molecule has 2 N–H and O–H groups in total. The van der Waals surface area contributed by atoms with Crippen molar-refractivity contribution >= 4 is 10.8 Å². The van der Waals surface area contributed by atoms with Crippen molar-refractivity contribution in [2.75, 3.05) is 13.2 Å². The number of pyridine rings is 1. The highest BCUT2D eigenvalue weighted by molar-refractivity contribution is 5.83. The Bertz CT molecular complexity index is 746. The van der Waals surface area contributed by atoms with Crippen molar-refractivity contribution in [1.29, 1.82) is 0 Å². The van der Waals surface area contributed by atoms with Gasteiger partial charge in [-0.3, -0.25) is 4.98 Å². The van der Waals surface area contributed by atoms with E-state index < -0.39 is 6.10 Å². The third-order valence-electron chi connectivity index (χ3n) is 3.58. The van der Waals surface area contributed by atoms with Crippen molar-refractivity contribution in [2.24, 2.45) is 0 Å². The maximum atomic E-state index is 9.99. The molecule has 1 heterocycles. The fourth-order valence-electron chi connectivity index (χ4n) is 2.38. The zero-order valence-electron chi connectivity index (χ0n) is 12.9. The van der Waals surface area contributed by atoms with Gasteiger partial charge in [0, 0.05) is 19.3 Å². The summed E-state index contributed by atoms with van der Waals surface area (Å²) < 4.78 is 5.67. The topological polar surface area (TPSA) is 54.4 Å². The molecular weight excluding hydrogens is 288 g/mol. The Morgan fingerprint density at radius 3 is 2.65 bits per heavy atom. The fraction of sp³-hybridized carbons (Fsp3) is 0.211. The van der Waals surface area contributed by atoms with Crippen molar-refractivity contribution < 1.29 is 9.84 Å². The van der Waals surface area contributed by atoms with E-state index in [1.165, 1.54) is 5.39 Å². The summed E-state index contributed by atoms with van der Waals surface area (Å²) in [5.41, 5.74) is 0.954. The minimum Gasteiger partial charge on any atom is -0.491 e. The number of hydrogen-bond acceptors (Lipinski definition) is 4. The summed E-state index contributed by atoms with van der Waals surface area (Å²) in [5, 5.41) is 15.5. The summed E-state index contributed by atoms with van der Waals surface area (Å²) in [4.78, 5) is 4.22. The third kappa shape index (κ3) is 4.52. The van der Waals surface area contributed by atoms with E-state index in [0.717, 1.165) is 16.8 Å². The molecule has 1 unspecified atom stereocenters. The Morgan fingerprint density at radius 1 is 1.00 bits per heavy atom. The molecule has 0 amide bonds. The van der Waals surface area contributed by atoms with Gasteiger partial charge >= 0.3 is 0 Å². The van der Waals surface area contributed by atoms with Crippen molar-refractivity contribution in [3.8, 4) is 5.75 Å². The van der Waals surface area contributed by atoms with Crippen LogP contribution in [-0.4, -0.2) is 29.3 Å². The highest BCUT2D eigenvalue weighted by Gasteiger charge is 2.05. The second kappa shape index (κ2) is 7.72. The quantitative estimate of drug-likeness (QED) is 0.705. The van der Waals surface area contributed by atoms with Crippen LogP contribution in [0.1, 0.15) is 5.69 Å². The van der Waals surface area contributed by atoms with Crippen LogP contribution in [-0.2, 0) is 6.54 Å². The molecule has 1 aromatic heterocycles. The van der Waals surface area contributed by atoms with Crippen molar-refractivity contribution in [3.63, 3.8) is 0 Å². The van der Waals surface area contributed by atoms with Gasteiger partial charge in [0.05, 0.1) is 5.69 Å². The monoisotopic (exact) mass is 308 g/mol. The van der Waals surface area contributed by atoms with Gasteiger partial charge in [0.15, 0.2) is 0 Å². The van der Waals surface area contributed by atoms with E-state index in [0.29, 0.717) is 13.1 Å². The molecule has 0 aliphatic heterocycles. The predicted octanol–water partition coefficient (Wildman–Crippen LogP) is 2.76. The summed E-state index contributed by atoms with van der Waals surface area (Å²) in [7, 11) is 0. The second-order valence-corrected chi connectivity index (χ2v) is 5.43. The highest BCUT2D eigenvalue weighted by atomic mass is 16.5. The predicted molar refractivity (Wildman–Crippen MR) is 91.4 cm³/mol. The maximum absolute atomic E-state index is 9.99. The number of hydrogen-bond donors (Lipinski definition) is 2. The number of nitrogens with one attached hydrogen (secondary N) is 1. The fourth-order valence-corrected chi connectivity index (χ4v) is 2.38. The van der Waals surface area contributed by atoms with Gasteiger partial charge < -0.3 is 15.2 Å². The van der Waals surface area contributed by atoms with Crippen LogP contribution in [0.5, 0.6) is 5.75 Å². The molecule has 0 spiro atoms. The second-order valence-electron chi connectivity index (χ2n) is 5.43. The lowest BCUT2D eigenvalue weighted by atomic mass is 10.1. The molecule has 3 rings (SSSR count). The molecular formula is C19H20N2O2. The Balaban J connectivity index is 1.45. The van der Waals surface area contributed by atoms with E-state index in [9.17, 15) is 5.11 Å². The van der Waals surface area contributed by atoms with Gasteiger partial charge in [-0.15, -0.1) is 0 Å². The number of aromatic nitrogens is 1. The Kier molecular flexibility index (Phi) is 5.19. The molecule has 4 heteroatoms. The standard InChI is InChI=1S/C19H20N2O2/c22-18(13-20-12-17-7-3-4-10-21-17)14-23-19-9-8-15-5-1-2-6-16(15)11-19/h1-11,18,20,22H,12-14H2. The summed E-state index contributed by atoms with van der Waals surface area (Å²) in [6, 6.07) is 19.9. The molecule has 1 atom stereocenters. The van der Waals surface area contributed by atoms with Crippen LogP contribution in [0.4, 0.5) is 0 Å². The van der Waals surface area contributed by atoms with Crippen molar-refractivity contribution in [1.82, 2.24) is 10.3 Å². The molecule has 0 aliphatic rings. The number of nitrogens with zero attached hydrogens (tertiary/aromatic N) is 1. The summed E-state index contributed by atoms with van der Waals surface area (Å²) >= 11 is 0. The smallest absolute Gasteiger partial charge is 0.120 e. The number of aliphatic hydroxyl groups excluding tert-OH is 1. The van der Waals surface area contributed by atoms with Gasteiger partial charge in [0.25, 0.3) is 0 Å². The van der Waals surface area contributed by atoms with Crippen LogP contribution in [0.25, 0.3) is 10.8 Å². The van der Waals surface area contributed by atoms with Gasteiger partial charge in [0.1, 0.15) is 18.5 Å². The molecule has 3 aromatic rings. The molecule has 0 aliphatic carbocycles. The average Bonchev–Trinajstić information content (AvgIpc) is 2.61. The summed E-state index contributed by atoms with van der Waals surface area (Å²) in [6.45, 7) is 1.35. The van der Waals surface area contributed by atoms with Crippen LogP contribution in [0.2, 0.25) is 0 Å². The molecule has 0 bridgehead atoms. The van der Waals surface area contributed by atoms with Crippen molar-refractivity contribution in [3.05, 3.63) is 72.6 Å². The summed E-state index contributed by atoms with van der Waals surface area (Å²) in [5.74, 6) is 0.771. The van der Waals surface area contributed by atoms with Gasteiger partial charge in [0.2, 0.25) is 0 Å². The van der Waals surface area contributed by atoms with Crippen molar-refractivity contribution in [2.45, 2.75) is 12.6 Å². The van der Waals surface area contributed by atoms with E-state index in [1.54, 1.807) is 6.20 Å². The zero-order valence-corrected chi connectivity index (χ0v) is 12.9. The molecule has 0 saturated carbocycles. The van der Waals surface area contributed by atoms with E-state index in [1.807, 2.05) is 54.6 Å². The molecule has 118 valence electrons. The Hall–Kier alpha value is -2.43. The number of rotatable bonds is 7. The van der Waals surface area contributed by atoms with Crippen LogP contribution in [0.15, 0.2) is 66.9 Å². The molecule has 0 fully saturated rings. The van der Waals surface area contributed by atoms with E-state index in [4.69, 9.17) is 4.74 Å². The largest absolute Gasteiger partial charge is 0.491 e. The van der Waals surface area contributed by atoms with Gasteiger partial charge in [-0.1, -0.05) is 36.4 Å². The molecule has 0 radical (unpaired) electrons. The highest BCUT2D eigenvalue weighted by Crippen LogP contribution is 2.20. The minimum atomic E-state index is -0.565. The molecule has 2 aromatic carbocycles. The minimum absolute atomic E-state index is 0.257. The van der Waals surface area contributed by atoms with E-state index in [2.05, 4.69) is 16.4 Å². The van der Waals surface area contributed by atoms with Crippen LogP contribution < -0.4 is 10.1 Å². The van der Waals surface area contributed by atoms with Gasteiger partial charge in [-0.05, 0) is 35.0 Å². The SMILES string of the molecule is OC(CNCc1ccccn1)COc1ccc2ccccc2c1. The first kappa shape index (κ1) is 15.5. The lowest BCUT2D eigenvalue weighted by molar-refractivity contribution is 0.106. The lowest BCUT2D eigenvalue weighted by Crippen LogP contribution is -2.31. The van der Waals surface area contributed by atoms with Crippen LogP contribution in [0.3, 0.4) is 0 Å². The number of fused-ring (bicyclic) bond motifs is 1. The number of ether oxygens (including phenoxy) is 1. The lowest BCUT2D eigenvalue weighted by Gasteiger charge is -2.13. The molecule has 23 heavy (non-hydrogen) atoms. The van der Waals surface area contributed by atoms with E-state index in [-0.39, 0.29) is 6.61 Å². The number of aliphatic hydroxyl groups is 1. The average molecular weight is 308 g/mol. The van der Waals surface area contributed by atoms with Gasteiger partial charge in [-0.2, -0.15) is 0 Å². The van der Waals surface area contributed by atoms with Crippen LogP contribution in [0, 0.1) is 0 Å². The Labute approximate surface area is 135 Å². The number of benzene rings is 2. The zero-order chi connectivity index (χ0) is 15.9. The van der Waals surface area contributed by atoms with Crippen LogP contribution >= 0.6 is 0 Å². The maximum Gasteiger partial charge on any atom is 0.120 e. The summed E-state index contributed by atoms with van der Waals surface area (Å²) in [6.07, 6.45) is 1.20. The first-order chi connectivity index (χ1) is 11.3. The molecule has 0 saturated heterocycles. The van der Waals surface area contributed by atoms with Gasteiger partial charge in [-0.25, -0.2) is 0 Å². The third-order valence-corrected chi connectivity index (χ3v) is 3.58. The normalized spacial score (nSPS) is 12.2. The first-order valence-electron chi connectivity index (χ1n) is 7.71. The van der Waals surface area contributed by atoms with E-state index >= 15 is 0 Å².